The number of hydrogen-bond donors (Lipinski definition) is 0. The summed E-state index contributed by atoms with van der Waals surface area (Å²) in [6.45, 7) is 2.25. The Morgan fingerprint density at radius 1 is 0.781 bits per heavy atom. The number of nitrogens with zero attached hydrogens (tertiary/aromatic N) is 1. The van der Waals surface area contributed by atoms with E-state index in [9.17, 15) is 0 Å². The van der Waals surface area contributed by atoms with Gasteiger partial charge in [-0.25, -0.2) is 0 Å². The minimum absolute atomic E-state index is 0.678. The first-order chi connectivity index (χ1) is 15.7. The number of halogens is 1. The Bertz CT molecular complexity index is 1320. The van der Waals surface area contributed by atoms with E-state index < -0.39 is 5.60 Å². The standard InChI is InChI=1S/C29H24BrNO/c30-26-20-23(13-14-27(26)31-18-6-7-19-31)29(22-9-2-1-3-10-22)17-16-25-24-11-5-4-8-21(24)12-15-28(25)32-29/h1-5,8-17,20H,6-7,18-19H2. The molecule has 4 aromatic rings. The summed E-state index contributed by atoms with van der Waals surface area (Å²) in [6, 6.07) is 29.9. The molecule has 4 aromatic carbocycles. The second kappa shape index (κ2) is 7.83. The molecular weight excluding hydrogens is 458 g/mol. The van der Waals surface area contributed by atoms with Crippen LogP contribution in [-0.2, 0) is 5.60 Å². The molecule has 2 heterocycles. The maximum absolute atomic E-state index is 6.90. The SMILES string of the molecule is Brc1cc(C2(c3ccccc3)C=Cc3c(ccc4ccccc34)O2)ccc1N1CCCC1. The van der Waals surface area contributed by atoms with Crippen LogP contribution in [0.5, 0.6) is 5.75 Å². The van der Waals surface area contributed by atoms with Gasteiger partial charge >= 0.3 is 0 Å². The third kappa shape index (κ3) is 3.15. The fraction of sp³-hybridized carbons (Fsp3) is 0.172. The fourth-order valence-corrected chi connectivity index (χ4v) is 5.69. The highest BCUT2D eigenvalue weighted by Gasteiger charge is 2.37. The van der Waals surface area contributed by atoms with Crippen LogP contribution in [0, 0.1) is 0 Å². The first kappa shape index (κ1) is 19.6. The molecule has 1 fully saturated rings. The van der Waals surface area contributed by atoms with Gasteiger partial charge in [-0.15, -0.1) is 0 Å². The Labute approximate surface area is 197 Å². The van der Waals surface area contributed by atoms with Crippen molar-refractivity contribution in [2.24, 2.45) is 0 Å². The molecule has 2 aliphatic rings. The topological polar surface area (TPSA) is 12.5 Å². The number of rotatable bonds is 3. The van der Waals surface area contributed by atoms with Gasteiger partial charge in [0.25, 0.3) is 0 Å². The highest BCUT2D eigenvalue weighted by molar-refractivity contribution is 9.10. The predicted octanol–water partition coefficient (Wildman–Crippen LogP) is 7.55. The average molecular weight is 482 g/mol. The highest BCUT2D eigenvalue weighted by atomic mass is 79.9. The average Bonchev–Trinajstić information content (AvgIpc) is 3.39. The maximum Gasteiger partial charge on any atom is 0.178 e. The molecule has 0 aliphatic carbocycles. The molecule has 0 amide bonds. The van der Waals surface area contributed by atoms with E-state index in [-0.39, 0.29) is 0 Å². The van der Waals surface area contributed by atoms with Gasteiger partial charge in [-0.05, 0) is 69.9 Å². The lowest BCUT2D eigenvalue weighted by Gasteiger charge is -2.37. The molecule has 2 nitrogen and oxygen atoms in total. The van der Waals surface area contributed by atoms with Gasteiger partial charge in [-0.2, -0.15) is 0 Å². The maximum atomic E-state index is 6.90. The fourth-order valence-electron chi connectivity index (χ4n) is 5.06. The van der Waals surface area contributed by atoms with E-state index in [2.05, 4.69) is 118 Å². The van der Waals surface area contributed by atoms with Crippen molar-refractivity contribution in [3.05, 3.63) is 112 Å². The molecule has 0 N–H and O–H groups in total. The van der Waals surface area contributed by atoms with E-state index in [4.69, 9.17) is 4.74 Å². The number of ether oxygens (including phenoxy) is 1. The number of hydrogen-bond acceptors (Lipinski definition) is 2. The Kier molecular flexibility index (Phi) is 4.80. The van der Waals surface area contributed by atoms with Crippen molar-refractivity contribution < 1.29 is 4.74 Å². The highest BCUT2D eigenvalue weighted by Crippen LogP contribution is 2.45. The largest absolute Gasteiger partial charge is 0.473 e. The summed E-state index contributed by atoms with van der Waals surface area (Å²) in [7, 11) is 0. The zero-order valence-corrected chi connectivity index (χ0v) is 19.4. The normalized spacial score (nSPS) is 19.7. The molecule has 6 rings (SSSR count). The van der Waals surface area contributed by atoms with E-state index in [1.165, 1.54) is 29.3 Å². The molecule has 158 valence electrons. The summed E-state index contributed by atoms with van der Waals surface area (Å²) in [5.41, 5.74) is 3.97. The van der Waals surface area contributed by atoms with Gasteiger partial charge < -0.3 is 9.64 Å². The van der Waals surface area contributed by atoms with Crippen LogP contribution in [0.4, 0.5) is 5.69 Å². The van der Waals surface area contributed by atoms with Gasteiger partial charge in [-0.3, -0.25) is 0 Å². The van der Waals surface area contributed by atoms with Crippen LogP contribution >= 0.6 is 15.9 Å². The first-order valence-electron chi connectivity index (χ1n) is 11.3. The summed E-state index contributed by atoms with van der Waals surface area (Å²) in [5.74, 6) is 0.912. The third-order valence-corrected chi connectivity index (χ3v) is 7.35. The first-order valence-corrected chi connectivity index (χ1v) is 12.0. The lowest BCUT2D eigenvalue weighted by molar-refractivity contribution is 0.161. The van der Waals surface area contributed by atoms with Crippen LogP contribution in [0.15, 0.2) is 95.5 Å². The molecule has 32 heavy (non-hydrogen) atoms. The van der Waals surface area contributed by atoms with Crippen molar-refractivity contribution in [3.63, 3.8) is 0 Å². The molecule has 3 heteroatoms. The molecule has 0 aromatic heterocycles. The van der Waals surface area contributed by atoms with E-state index >= 15 is 0 Å². The van der Waals surface area contributed by atoms with E-state index in [1.54, 1.807) is 0 Å². The van der Waals surface area contributed by atoms with Crippen LogP contribution in [-0.4, -0.2) is 13.1 Å². The second-order valence-electron chi connectivity index (χ2n) is 8.60. The van der Waals surface area contributed by atoms with Crippen molar-refractivity contribution >= 4 is 38.5 Å². The van der Waals surface area contributed by atoms with Crippen molar-refractivity contribution in [3.8, 4) is 5.75 Å². The van der Waals surface area contributed by atoms with Crippen molar-refractivity contribution in [1.82, 2.24) is 0 Å². The predicted molar refractivity (Wildman–Crippen MR) is 136 cm³/mol. The minimum Gasteiger partial charge on any atom is -0.473 e. The Hall–Kier alpha value is -3.04. The molecule has 0 radical (unpaired) electrons. The van der Waals surface area contributed by atoms with E-state index in [1.807, 2.05) is 0 Å². The number of benzene rings is 4. The molecule has 1 atom stereocenters. The molecule has 0 spiro atoms. The Morgan fingerprint density at radius 2 is 1.56 bits per heavy atom. The van der Waals surface area contributed by atoms with Crippen molar-refractivity contribution in [2.45, 2.75) is 18.4 Å². The zero-order chi connectivity index (χ0) is 21.5. The molecule has 2 aliphatic heterocycles. The van der Waals surface area contributed by atoms with Gasteiger partial charge in [-0.1, -0.05) is 66.7 Å². The van der Waals surface area contributed by atoms with E-state index in [0.717, 1.165) is 40.0 Å². The molecule has 0 saturated carbocycles. The summed E-state index contributed by atoms with van der Waals surface area (Å²) in [5, 5.41) is 2.44. The molecular formula is C29H24BrNO. The summed E-state index contributed by atoms with van der Waals surface area (Å²) in [4.78, 5) is 2.46. The Morgan fingerprint density at radius 3 is 2.38 bits per heavy atom. The van der Waals surface area contributed by atoms with Gasteiger partial charge in [0.05, 0.1) is 5.69 Å². The monoisotopic (exact) mass is 481 g/mol. The number of anilines is 1. The van der Waals surface area contributed by atoms with Gasteiger partial charge in [0.2, 0.25) is 0 Å². The number of fused-ring (bicyclic) bond motifs is 3. The smallest absolute Gasteiger partial charge is 0.178 e. The summed E-state index contributed by atoms with van der Waals surface area (Å²) >= 11 is 3.86. The van der Waals surface area contributed by atoms with Gasteiger partial charge in [0, 0.05) is 34.3 Å². The van der Waals surface area contributed by atoms with Gasteiger partial charge in [0.15, 0.2) is 5.60 Å². The van der Waals surface area contributed by atoms with Crippen LogP contribution in [0.3, 0.4) is 0 Å². The van der Waals surface area contributed by atoms with Crippen LogP contribution in [0.1, 0.15) is 29.5 Å². The lowest BCUT2D eigenvalue weighted by Crippen LogP contribution is -2.34. The van der Waals surface area contributed by atoms with Crippen molar-refractivity contribution in [1.29, 1.82) is 0 Å². The van der Waals surface area contributed by atoms with Crippen LogP contribution < -0.4 is 9.64 Å². The minimum atomic E-state index is -0.678. The molecule has 0 bridgehead atoms. The molecule has 1 saturated heterocycles. The van der Waals surface area contributed by atoms with E-state index in [0.29, 0.717) is 0 Å². The summed E-state index contributed by atoms with van der Waals surface area (Å²) in [6.07, 6.45) is 6.97. The van der Waals surface area contributed by atoms with Crippen LogP contribution in [0.2, 0.25) is 0 Å². The Balaban J connectivity index is 1.51. The van der Waals surface area contributed by atoms with Crippen molar-refractivity contribution in [2.75, 3.05) is 18.0 Å². The lowest BCUT2D eigenvalue weighted by atomic mass is 9.83. The zero-order valence-electron chi connectivity index (χ0n) is 17.8. The molecule has 1 unspecified atom stereocenters. The quantitative estimate of drug-likeness (QED) is 0.299. The second-order valence-corrected chi connectivity index (χ2v) is 9.45. The van der Waals surface area contributed by atoms with Crippen LogP contribution in [0.25, 0.3) is 16.8 Å². The summed E-state index contributed by atoms with van der Waals surface area (Å²) < 4.78 is 8.02. The van der Waals surface area contributed by atoms with Gasteiger partial charge in [0.1, 0.15) is 5.75 Å². The third-order valence-electron chi connectivity index (χ3n) is 6.71.